The van der Waals surface area contributed by atoms with E-state index in [2.05, 4.69) is 201 Å². The van der Waals surface area contributed by atoms with Crippen LogP contribution in [0.25, 0.3) is 32.3 Å². The molecule has 8 aromatic carbocycles. The highest BCUT2D eigenvalue weighted by Crippen LogP contribution is 2.29. The molecule has 0 bridgehead atoms. The number of hydrogen-bond acceptors (Lipinski definition) is 0. The molecule has 0 spiro atoms. The highest BCUT2D eigenvalue weighted by atomic mass is 31.0. The lowest BCUT2D eigenvalue weighted by atomic mass is 9.13. The minimum absolute atomic E-state index is 1.26. The van der Waals surface area contributed by atoms with Gasteiger partial charge in [0.15, 0.2) is 0 Å². The van der Waals surface area contributed by atoms with Crippen LogP contribution >= 0.6 is 9.24 Å². The molecule has 1 atom stereocenters. The van der Waals surface area contributed by atoms with Gasteiger partial charge in [0.2, 0.25) is 0 Å². The minimum Gasteiger partial charge on any atom is -0.195 e. The zero-order chi connectivity index (χ0) is 33.3. The van der Waals surface area contributed by atoms with E-state index in [4.69, 9.17) is 0 Å². The first-order valence-electron chi connectivity index (χ1n) is 16.9. The van der Waals surface area contributed by atoms with Crippen molar-refractivity contribution in [2.75, 3.05) is 0 Å². The van der Waals surface area contributed by atoms with Crippen LogP contribution < -0.4 is 27.2 Å². The molecular formula is C46H41BP-. The molecule has 8 aromatic rings. The van der Waals surface area contributed by atoms with E-state index in [9.17, 15) is 0 Å². The third kappa shape index (κ3) is 5.96. The topological polar surface area (TPSA) is 0 Å². The summed E-state index contributed by atoms with van der Waals surface area (Å²) >= 11 is 0. The molecule has 0 aliphatic carbocycles. The first-order valence-corrected chi connectivity index (χ1v) is 17.4. The average molecular weight is 636 g/mol. The standard InChI is InChI=1S/C28H28B.C18H13P/c1-21-5-13-25(14-6-21)29(26-15-7-22(2)8-16-26,27-17-9-23(3)10-18-27)28-19-11-24(4)12-20-28;19-17-7-3-6-12-8-9-15-10-13-4-1-2-5-14(13)11-16(15)18(12)17/h5-20H,1-4H3;1-11H,19H2/q-1;. The van der Waals surface area contributed by atoms with Gasteiger partial charge in [-0.25, -0.2) is 0 Å². The van der Waals surface area contributed by atoms with Crippen molar-refractivity contribution in [1.29, 1.82) is 0 Å². The van der Waals surface area contributed by atoms with Crippen molar-refractivity contribution in [3.8, 4) is 0 Å². The lowest BCUT2D eigenvalue weighted by Crippen LogP contribution is -2.74. The Morgan fingerprint density at radius 2 is 0.729 bits per heavy atom. The van der Waals surface area contributed by atoms with Gasteiger partial charge in [-0.2, -0.15) is 21.9 Å². The largest absolute Gasteiger partial charge is 0.195 e. The van der Waals surface area contributed by atoms with E-state index < -0.39 is 6.15 Å². The maximum absolute atomic E-state index is 2.85. The number of benzene rings is 8. The van der Waals surface area contributed by atoms with Crippen LogP contribution in [0.2, 0.25) is 0 Å². The first-order chi connectivity index (χ1) is 23.3. The first kappa shape index (κ1) is 31.6. The number of hydrogen-bond donors (Lipinski definition) is 0. The van der Waals surface area contributed by atoms with Gasteiger partial charge in [0, 0.05) is 0 Å². The molecule has 1 unspecified atom stereocenters. The fourth-order valence-electron chi connectivity index (χ4n) is 7.41. The molecule has 0 N–H and O–H groups in total. The Bertz CT molecular complexity index is 2160. The molecule has 0 saturated carbocycles. The van der Waals surface area contributed by atoms with Gasteiger partial charge in [0.05, 0.1) is 0 Å². The summed E-state index contributed by atoms with van der Waals surface area (Å²) in [6.07, 6.45) is -1.27. The summed E-state index contributed by atoms with van der Waals surface area (Å²) in [4.78, 5) is 0. The number of fused-ring (bicyclic) bond motifs is 4. The summed E-state index contributed by atoms with van der Waals surface area (Å²) in [7, 11) is 2.85. The van der Waals surface area contributed by atoms with Crippen molar-refractivity contribution in [1.82, 2.24) is 0 Å². The number of rotatable bonds is 4. The Hall–Kier alpha value is -4.97. The fraction of sp³-hybridized carbons (Fsp3) is 0.0870. The second kappa shape index (κ2) is 13.3. The highest BCUT2D eigenvalue weighted by molar-refractivity contribution is 7.28. The predicted octanol–water partition coefficient (Wildman–Crippen LogP) is 8.94. The second-order valence-electron chi connectivity index (χ2n) is 13.4. The summed E-state index contributed by atoms with van der Waals surface area (Å²) in [5, 5.41) is 9.15. The Morgan fingerprint density at radius 1 is 0.354 bits per heavy atom. The molecule has 0 nitrogen and oxygen atoms in total. The monoisotopic (exact) mass is 635 g/mol. The van der Waals surface area contributed by atoms with Crippen molar-refractivity contribution in [2.24, 2.45) is 0 Å². The van der Waals surface area contributed by atoms with E-state index in [-0.39, 0.29) is 0 Å². The van der Waals surface area contributed by atoms with Crippen LogP contribution in [0.4, 0.5) is 0 Å². The second-order valence-corrected chi connectivity index (χ2v) is 14.1. The maximum Gasteiger partial charge on any atom is 0.108 e. The predicted molar refractivity (Wildman–Crippen MR) is 217 cm³/mol. The Kier molecular flexibility index (Phi) is 8.74. The molecule has 0 aliphatic heterocycles. The Labute approximate surface area is 287 Å². The normalized spacial score (nSPS) is 11.4. The van der Waals surface area contributed by atoms with Gasteiger partial charge in [-0.05, 0) is 77.4 Å². The van der Waals surface area contributed by atoms with E-state index >= 15 is 0 Å². The smallest absolute Gasteiger partial charge is 0.108 e. The van der Waals surface area contributed by atoms with E-state index in [1.54, 1.807) is 0 Å². The Morgan fingerprint density at radius 3 is 1.17 bits per heavy atom. The van der Waals surface area contributed by atoms with Crippen LogP contribution in [-0.2, 0) is 0 Å². The van der Waals surface area contributed by atoms with Crippen molar-refractivity contribution in [2.45, 2.75) is 27.7 Å². The van der Waals surface area contributed by atoms with Crippen LogP contribution in [0.1, 0.15) is 22.3 Å². The van der Waals surface area contributed by atoms with Gasteiger partial charge in [-0.1, -0.05) is 174 Å². The molecule has 0 heterocycles. The molecule has 0 fully saturated rings. The van der Waals surface area contributed by atoms with E-state index in [1.807, 2.05) is 0 Å². The van der Waals surface area contributed by atoms with Crippen LogP contribution in [0.5, 0.6) is 0 Å². The summed E-state index contributed by atoms with van der Waals surface area (Å²) in [5.41, 5.74) is 10.6. The van der Waals surface area contributed by atoms with E-state index in [0.29, 0.717) is 0 Å². The van der Waals surface area contributed by atoms with E-state index in [0.717, 1.165) is 0 Å². The molecular weight excluding hydrogens is 594 g/mol. The third-order valence-corrected chi connectivity index (χ3v) is 10.5. The quantitative estimate of drug-likeness (QED) is 0.0784. The van der Waals surface area contributed by atoms with Crippen molar-refractivity contribution in [3.05, 3.63) is 186 Å². The van der Waals surface area contributed by atoms with Gasteiger partial charge in [-0.15, -0.1) is 9.24 Å². The molecule has 0 amide bonds. The van der Waals surface area contributed by atoms with Gasteiger partial charge in [-0.3, -0.25) is 0 Å². The molecule has 0 aromatic heterocycles. The summed E-state index contributed by atoms with van der Waals surface area (Å²) < 4.78 is 0. The number of aryl methyl sites for hydroxylation is 4. The van der Waals surface area contributed by atoms with Crippen LogP contribution in [0.15, 0.2) is 164 Å². The molecule has 234 valence electrons. The third-order valence-electron chi connectivity index (χ3n) is 10.1. The Balaban J connectivity index is 0.000000165. The zero-order valence-electron chi connectivity index (χ0n) is 28.2. The van der Waals surface area contributed by atoms with Crippen molar-refractivity contribution in [3.63, 3.8) is 0 Å². The molecule has 0 saturated heterocycles. The van der Waals surface area contributed by atoms with Gasteiger partial charge in [0.1, 0.15) is 6.15 Å². The van der Waals surface area contributed by atoms with Gasteiger partial charge < -0.3 is 0 Å². The highest BCUT2D eigenvalue weighted by Gasteiger charge is 2.31. The maximum atomic E-state index is 2.85. The van der Waals surface area contributed by atoms with Crippen LogP contribution in [0, 0.1) is 27.7 Å². The van der Waals surface area contributed by atoms with Gasteiger partial charge in [0.25, 0.3) is 0 Å². The summed E-state index contributed by atoms with van der Waals surface area (Å²) in [6, 6.07) is 60.4. The molecule has 48 heavy (non-hydrogen) atoms. The minimum atomic E-state index is -1.27. The summed E-state index contributed by atoms with van der Waals surface area (Å²) in [5.74, 6) is 0. The van der Waals surface area contributed by atoms with Crippen molar-refractivity contribution >= 4 is 74.9 Å². The van der Waals surface area contributed by atoms with Crippen molar-refractivity contribution < 1.29 is 0 Å². The lowest BCUT2D eigenvalue weighted by molar-refractivity contribution is 1.46. The fourth-order valence-corrected chi connectivity index (χ4v) is 7.84. The molecule has 0 radical (unpaired) electrons. The summed E-state index contributed by atoms with van der Waals surface area (Å²) in [6.45, 7) is 8.62. The molecule has 8 rings (SSSR count). The SMILES string of the molecule is Cc1ccc([B-](c2ccc(C)cc2)(c2ccc(C)cc2)c2ccc(C)cc2)cc1.Pc1cccc2ccc3cc4ccccc4cc3c12. The lowest BCUT2D eigenvalue weighted by Gasteiger charge is -2.44. The van der Waals surface area contributed by atoms with Crippen LogP contribution in [0.3, 0.4) is 0 Å². The molecule has 0 aliphatic rings. The van der Waals surface area contributed by atoms with Crippen LogP contribution in [-0.4, -0.2) is 6.15 Å². The average Bonchev–Trinajstić information content (AvgIpc) is 3.11. The zero-order valence-corrected chi connectivity index (χ0v) is 29.4. The van der Waals surface area contributed by atoms with Gasteiger partial charge >= 0.3 is 0 Å². The molecule has 2 heteroatoms. The van der Waals surface area contributed by atoms with E-state index in [1.165, 1.54) is 81.7 Å².